The molecule has 0 radical (unpaired) electrons. The first-order chi connectivity index (χ1) is 13.5. The summed E-state index contributed by atoms with van der Waals surface area (Å²) in [5, 5.41) is 6.24. The lowest BCUT2D eigenvalue weighted by atomic mass is 9.99. The van der Waals surface area contributed by atoms with Gasteiger partial charge in [0, 0.05) is 37.2 Å². The fourth-order valence-corrected chi connectivity index (χ4v) is 3.35. The number of rotatable bonds is 7. The Kier molecular flexibility index (Phi) is 6.90. The summed E-state index contributed by atoms with van der Waals surface area (Å²) < 4.78 is 0. The third-order valence-electron chi connectivity index (χ3n) is 5.32. The third kappa shape index (κ3) is 5.72. The number of piperidine rings is 1. The van der Waals surface area contributed by atoms with E-state index < -0.39 is 0 Å². The summed E-state index contributed by atoms with van der Waals surface area (Å²) in [5.74, 6) is 2.08. The number of carbonyl (C=O) groups excluding carboxylic acids is 1. The summed E-state index contributed by atoms with van der Waals surface area (Å²) in [7, 11) is 0. The Morgan fingerprint density at radius 3 is 2.46 bits per heavy atom. The highest BCUT2D eigenvalue weighted by molar-refractivity contribution is 5.94. The minimum atomic E-state index is -0.0695. The van der Waals surface area contributed by atoms with Crippen LogP contribution in [0, 0.1) is 11.8 Å². The summed E-state index contributed by atoms with van der Waals surface area (Å²) in [5.41, 5.74) is 2.86. The van der Waals surface area contributed by atoms with Crippen molar-refractivity contribution in [2.75, 3.05) is 29.9 Å². The molecule has 2 N–H and O–H groups in total. The summed E-state index contributed by atoms with van der Waals surface area (Å²) >= 11 is 0. The number of hydrogen-bond acceptors (Lipinski definition) is 4. The van der Waals surface area contributed by atoms with Crippen molar-refractivity contribution in [2.45, 2.75) is 40.0 Å². The predicted octanol–water partition coefficient (Wildman–Crippen LogP) is 4.84. The van der Waals surface area contributed by atoms with Gasteiger partial charge in [-0.2, -0.15) is 0 Å². The molecule has 5 nitrogen and oxygen atoms in total. The normalized spacial score (nSPS) is 14.9. The number of carbonyl (C=O) groups is 1. The van der Waals surface area contributed by atoms with E-state index in [1.807, 2.05) is 12.1 Å². The van der Waals surface area contributed by atoms with Crippen LogP contribution < -0.4 is 15.5 Å². The molecule has 1 aromatic carbocycles. The predicted molar refractivity (Wildman–Crippen MR) is 116 cm³/mol. The van der Waals surface area contributed by atoms with Crippen molar-refractivity contribution in [2.24, 2.45) is 11.8 Å². The van der Waals surface area contributed by atoms with Crippen LogP contribution >= 0.6 is 0 Å². The Morgan fingerprint density at radius 2 is 1.86 bits per heavy atom. The van der Waals surface area contributed by atoms with Crippen LogP contribution in [-0.2, 0) is 0 Å². The quantitative estimate of drug-likeness (QED) is 0.722. The van der Waals surface area contributed by atoms with Gasteiger partial charge >= 0.3 is 0 Å². The first-order valence-corrected chi connectivity index (χ1v) is 10.4. The number of nitrogens with zero attached hydrogens (tertiary/aromatic N) is 2. The number of benzene rings is 1. The second-order valence-corrected chi connectivity index (χ2v) is 8.21. The van der Waals surface area contributed by atoms with Crippen molar-refractivity contribution in [1.82, 2.24) is 10.3 Å². The van der Waals surface area contributed by atoms with Crippen LogP contribution in [0.3, 0.4) is 0 Å². The van der Waals surface area contributed by atoms with Gasteiger partial charge in [0.2, 0.25) is 0 Å². The molecule has 3 rings (SSSR count). The van der Waals surface area contributed by atoms with Crippen molar-refractivity contribution >= 4 is 23.1 Å². The lowest BCUT2D eigenvalue weighted by Gasteiger charge is -2.32. The van der Waals surface area contributed by atoms with Crippen molar-refractivity contribution in [3.63, 3.8) is 0 Å². The minimum Gasteiger partial charge on any atom is -0.372 e. The van der Waals surface area contributed by atoms with Gasteiger partial charge in [-0.3, -0.25) is 4.79 Å². The summed E-state index contributed by atoms with van der Waals surface area (Å²) in [6.45, 7) is 9.59. The summed E-state index contributed by atoms with van der Waals surface area (Å²) in [6.07, 6.45) is 5.13. The highest BCUT2D eigenvalue weighted by Gasteiger charge is 2.15. The second-order valence-electron chi connectivity index (χ2n) is 8.21. The largest absolute Gasteiger partial charge is 0.372 e. The number of hydrogen-bond donors (Lipinski definition) is 2. The van der Waals surface area contributed by atoms with Gasteiger partial charge in [-0.15, -0.1) is 0 Å². The minimum absolute atomic E-state index is 0.0695. The van der Waals surface area contributed by atoms with E-state index in [2.05, 4.69) is 65.6 Å². The Morgan fingerprint density at radius 1 is 1.14 bits per heavy atom. The van der Waals surface area contributed by atoms with Crippen LogP contribution in [0.2, 0.25) is 0 Å². The lowest BCUT2D eigenvalue weighted by molar-refractivity contribution is 0.0951. The van der Waals surface area contributed by atoms with E-state index in [0.29, 0.717) is 18.0 Å². The molecule has 1 fully saturated rings. The van der Waals surface area contributed by atoms with E-state index in [1.165, 1.54) is 18.5 Å². The first-order valence-electron chi connectivity index (χ1n) is 10.4. The monoisotopic (exact) mass is 380 g/mol. The van der Waals surface area contributed by atoms with Crippen LogP contribution in [0.4, 0.5) is 17.2 Å². The molecule has 1 aromatic heterocycles. The molecule has 0 saturated carbocycles. The molecule has 28 heavy (non-hydrogen) atoms. The maximum absolute atomic E-state index is 12.1. The molecule has 0 atom stereocenters. The first kappa shape index (κ1) is 20.2. The molecule has 1 saturated heterocycles. The molecule has 1 amide bonds. The van der Waals surface area contributed by atoms with Gasteiger partial charge in [0.25, 0.3) is 5.91 Å². The van der Waals surface area contributed by atoms with Gasteiger partial charge in [0.1, 0.15) is 5.82 Å². The zero-order valence-electron chi connectivity index (χ0n) is 17.2. The zero-order valence-corrected chi connectivity index (χ0v) is 17.2. The molecule has 1 aliphatic heterocycles. The van der Waals surface area contributed by atoms with E-state index >= 15 is 0 Å². The van der Waals surface area contributed by atoms with Crippen LogP contribution in [0.1, 0.15) is 50.4 Å². The van der Waals surface area contributed by atoms with Gasteiger partial charge < -0.3 is 15.5 Å². The van der Waals surface area contributed by atoms with Gasteiger partial charge in [-0.05, 0) is 67.5 Å². The van der Waals surface area contributed by atoms with Gasteiger partial charge in [-0.1, -0.05) is 20.8 Å². The summed E-state index contributed by atoms with van der Waals surface area (Å²) in [6, 6.07) is 12.1. The zero-order chi connectivity index (χ0) is 19.9. The fraction of sp³-hybridized carbons (Fsp3) is 0.478. The molecule has 2 aromatic rings. The molecule has 1 aliphatic rings. The fourth-order valence-electron chi connectivity index (χ4n) is 3.35. The lowest BCUT2D eigenvalue weighted by Crippen LogP contribution is -2.32. The van der Waals surface area contributed by atoms with Crippen molar-refractivity contribution in [3.8, 4) is 0 Å². The van der Waals surface area contributed by atoms with E-state index in [1.54, 1.807) is 6.20 Å². The molecule has 0 spiro atoms. The standard InChI is InChI=1S/C23H32N4O/c1-17(2)10-13-24-23(28)19-4-9-22(25-16-19)26-20-5-7-21(8-6-20)27-14-11-18(3)12-15-27/h4-9,16-18H,10-15H2,1-3H3,(H,24,28)(H,25,26). The molecule has 0 unspecified atom stereocenters. The second kappa shape index (κ2) is 9.58. The topological polar surface area (TPSA) is 57.3 Å². The van der Waals surface area contributed by atoms with Crippen LogP contribution in [0.5, 0.6) is 0 Å². The highest BCUT2D eigenvalue weighted by atomic mass is 16.1. The molecule has 0 bridgehead atoms. The highest BCUT2D eigenvalue weighted by Crippen LogP contribution is 2.25. The van der Waals surface area contributed by atoms with Gasteiger partial charge in [0.15, 0.2) is 0 Å². The smallest absolute Gasteiger partial charge is 0.252 e. The Hall–Kier alpha value is -2.56. The van der Waals surface area contributed by atoms with Gasteiger partial charge in [0.05, 0.1) is 5.56 Å². The van der Waals surface area contributed by atoms with Crippen molar-refractivity contribution in [3.05, 3.63) is 48.2 Å². The molecular weight excluding hydrogens is 348 g/mol. The average molecular weight is 381 g/mol. The van der Waals surface area contributed by atoms with E-state index in [9.17, 15) is 4.79 Å². The van der Waals surface area contributed by atoms with Crippen LogP contribution in [-0.4, -0.2) is 30.5 Å². The van der Waals surface area contributed by atoms with Crippen molar-refractivity contribution < 1.29 is 4.79 Å². The summed E-state index contributed by atoms with van der Waals surface area (Å²) in [4.78, 5) is 19.0. The molecule has 5 heteroatoms. The Labute approximate surface area is 168 Å². The SMILES string of the molecule is CC(C)CCNC(=O)c1ccc(Nc2ccc(N3CCC(C)CC3)cc2)nc1. The molecule has 2 heterocycles. The number of anilines is 3. The van der Waals surface area contributed by atoms with Crippen LogP contribution in [0.25, 0.3) is 0 Å². The maximum Gasteiger partial charge on any atom is 0.252 e. The van der Waals surface area contributed by atoms with Crippen molar-refractivity contribution in [1.29, 1.82) is 0 Å². The average Bonchev–Trinajstić information content (AvgIpc) is 2.69. The molecule has 150 valence electrons. The Bertz CT molecular complexity index is 747. The molecular formula is C23H32N4O. The van der Waals surface area contributed by atoms with Crippen LogP contribution in [0.15, 0.2) is 42.6 Å². The Balaban J connectivity index is 1.53. The maximum atomic E-state index is 12.1. The molecule has 0 aliphatic carbocycles. The van der Waals surface area contributed by atoms with E-state index in [-0.39, 0.29) is 5.91 Å². The van der Waals surface area contributed by atoms with Gasteiger partial charge in [-0.25, -0.2) is 4.98 Å². The number of nitrogens with one attached hydrogen (secondary N) is 2. The van der Waals surface area contributed by atoms with E-state index in [4.69, 9.17) is 0 Å². The number of aromatic nitrogens is 1. The van der Waals surface area contributed by atoms with E-state index in [0.717, 1.165) is 36.9 Å². The number of pyridine rings is 1. The number of amides is 1. The third-order valence-corrected chi connectivity index (χ3v) is 5.32.